The molecule has 1 atom stereocenters. The predicted octanol–water partition coefficient (Wildman–Crippen LogP) is 3.17. The van der Waals surface area contributed by atoms with Crippen LogP contribution in [0.1, 0.15) is 54.9 Å². The minimum Gasteiger partial charge on any atom is -0.339 e. The third kappa shape index (κ3) is 2.70. The van der Waals surface area contributed by atoms with Crippen LogP contribution in [0.3, 0.4) is 0 Å². The molecule has 1 unspecified atom stereocenters. The number of pyridine rings is 1. The number of rotatable bonds is 3. The fourth-order valence-electron chi connectivity index (χ4n) is 4.43. The third-order valence-electron chi connectivity index (χ3n) is 6.24. The van der Waals surface area contributed by atoms with Gasteiger partial charge in [-0.2, -0.15) is 4.98 Å². The maximum atomic E-state index is 12.1. The van der Waals surface area contributed by atoms with Crippen molar-refractivity contribution >= 4 is 10.9 Å². The van der Waals surface area contributed by atoms with Crippen LogP contribution < -0.4 is 5.56 Å². The monoisotopic (exact) mass is 388 g/mol. The number of aryl methyl sites for hydroxylation is 1. The summed E-state index contributed by atoms with van der Waals surface area (Å²) in [7, 11) is 0. The van der Waals surface area contributed by atoms with Crippen LogP contribution in [0.25, 0.3) is 22.3 Å². The summed E-state index contributed by atoms with van der Waals surface area (Å²) < 4.78 is 7.77. The molecule has 1 aromatic carbocycles. The van der Waals surface area contributed by atoms with Gasteiger partial charge in [0.25, 0.3) is 0 Å². The zero-order chi connectivity index (χ0) is 19.4. The SMILES string of the molecule is O=c1cc(-c2noc(C3CCc4nnn(C5CCC5)c4C3)n2)c2ccccc2[nH]1. The summed E-state index contributed by atoms with van der Waals surface area (Å²) >= 11 is 0. The van der Waals surface area contributed by atoms with Crippen molar-refractivity contribution in [3.8, 4) is 11.4 Å². The number of nitrogens with zero attached hydrogens (tertiary/aromatic N) is 5. The molecule has 0 aliphatic heterocycles. The minimum atomic E-state index is -0.178. The Kier molecular flexibility index (Phi) is 3.65. The fraction of sp³-hybridized carbons (Fsp3) is 0.381. The van der Waals surface area contributed by atoms with Crippen molar-refractivity contribution in [1.82, 2.24) is 30.1 Å². The number of nitrogens with one attached hydrogen (secondary N) is 1. The van der Waals surface area contributed by atoms with E-state index in [2.05, 4.69) is 30.1 Å². The van der Waals surface area contributed by atoms with Crippen LogP contribution in [0.15, 0.2) is 39.6 Å². The first-order chi connectivity index (χ1) is 14.3. The molecular weight excluding hydrogens is 368 g/mol. The minimum absolute atomic E-state index is 0.148. The van der Waals surface area contributed by atoms with Crippen molar-refractivity contribution in [2.75, 3.05) is 0 Å². The molecule has 1 N–H and O–H groups in total. The Morgan fingerprint density at radius 3 is 2.93 bits per heavy atom. The van der Waals surface area contributed by atoms with E-state index in [-0.39, 0.29) is 11.5 Å². The zero-order valence-corrected chi connectivity index (χ0v) is 15.8. The van der Waals surface area contributed by atoms with Gasteiger partial charge in [-0.15, -0.1) is 5.10 Å². The van der Waals surface area contributed by atoms with Gasteiger partial charge in [-0.05, 0) is 38.2 Å². The van der Waals surface area contributed by atoms with E-state index in [1.54, 1.807) is 0 Å². The van der Waals surface area contributed by atoms with Crippen molar-refractivity contribution in [2.24, 2.45) is 0 Å². The van der Waals surface area contributed by atoms with E-state index in [9.17, 15) is 4.79 Å². The predicted molar refractivity (Wildman–Crippen MR) is 106 cm³/mol. The van der Waals surface area contributed by atoms with Gasteiger partial charge in [0.1, 0.15) is 0 Å². The van der Waals surface area contributed by atoms with Crippen LogP contribution >= 0.6 is 0 Å². The van der Waals surface area contributed by atoms with Gasteiger partial charge in [-0.3, -0.25) is 4.79 Å². The smallest absolute Gasteiger partial charge is 0.249 e. The number of hydrogen-bond donors (Lipinski definition) is 1. The Morgan fingerprint density at radius 1 is 1.17 bits per heavy atom. The van der Waals surface area contributed by atoms with E-state index in [0.29, 0.717) is 23.3 Å². The van der Waals surface area contributed by atoms with Crippen LogP contribution in [0, 0.1) is 0 Å². The van der Waals surface area contributed by atoms with Gasteiger partial charge in [-0.25, -0.2) is 4.68 Å². The molecular formula is C21H20N6O2. The molecule has 2 aliphatic carbocycles. The summed E-state index contributed by atoms with van der Waals surface area (Å²) in [5.74, 6) is 1.23. The Bertz CT molecular complexity index is 1270. The van der Waals surface area contributed by atoms with Crippen molar-refractivity contribution < 1.29 is 4.52 Å². The molecule has 6 rings (SSSR count). The average Bonchev–Trinajstić information content (AvgIpc) is 3.33. The lowest BCUT2D eigenvalue weighted by atomic mass is 9.87. The molecule has 1 saturated carbocycles. The molecule has 0 radical (unpaired) electrons. The summed E-state index contributed by atoms with van der Waals surface area (Å²) in [5.41, 5.74) is 3.60. The van der Waals surface area contributed by atoms with E-state index in [4.69, 9.17) is 4.52 Å². The second-order valence-corrected chi connectivity index (χ2v) is 8.00. The molecule has 0 saturated heterocycles. The normalized spacial score (nSPS) is 19.2. The first-order valence-corrected chi connectivity index (χ1v) is 10.2. The molecule has 1 fully saturated rings. The Labute approximate surface area is 165 Å². The highest BCUT2D eigenvalue weighted by molar-refractivity contribution is 5.92. The molecule has 146 valence electrons. The first kappa shape index (κ1) is 16.6. The van der Waals surface area contributed by atoms with Gasteiger partial charge in [0.2, 0.25) is 17.3 Å². The van der Waals surface area contributed by atoms with Crippen molar-refractivity contribution in [3.63, 3.8) is 0 Å². The van der Waals surface area contributed by atoms with Crippen LogP contribution in [0.2, 0.25) is 0 Å². The van der Waals surface area contributed by atoms with Crippen molar-refractivity contribution in [2.45, 2.75) is 50.5 Å². The van der Waals surface area contributed by atoms with Gasteiger partial charge in [0, 0.05) is 34.9 Å². The summed E-state index contributed by atoms with van der Waals surface area (Å²) in [6.07, 6.45) is 6.23. The summed E-state index contributed by atoms with van der Waals surface area (Å²) in [6.45, 7) is 0. The fourth-order valence-corrected chi connectivity index (χ4v) is 4.43. The lowest BCUT2D eigenvalue weighted by Crippen LogP contribution is -2.23. The number of para-hydroxylation sites is 1. The molecule has 0 spiro atoms. The standard InChI is InChI=1S/C21H20N6O2/c28-19-11-15(14-6-1-2-7-16(14)22-19)20-23-21(29-25-20)12-8-9-17-18(10-12)27(26-24-17)13-4-3-5-13/h1-2,6-7,11-13H,3-5,8-10H2,(H,22,28). The van der Waals surface area contributed by atoms with E-state index < -0.39 is 0 Å². The number of fused-ring (bicyclic) bond motifs is 2. The summed E-state index contributed by atoms with van der Waals surface area (Å²) in [4.78, 5) is 19.6. The van der Waals surface area contributed by atoms with E-state index in [0.717, 1.165) is 35.9 Å². The van der Waals surface area contributed by atoms with Gasteiger partial charge in [-0.1, -0.05) is 28.6 Å². The number of H-pyrrole nitrogens is 1. The largest absolute Gasteiger partial charge is 0.339 e. The lowest BCUT2D eigenvalue weighted by molar-refractivity contribution is 0.271. The third-order valence-corrected chi connectivity index (χ3v) is 6.24. The van der Waals surface area contributed by atoms with E-state index in [1.165, 1.54) is 31.0 Å². The summed E-state index contributed by atoms with van der Waals surface area (Å²) in [5, 5.41) is 13.9. The number of benzene rings is 1. The maximum absolute atomic E-state index is 12.1. The van der Waals surface area contributed by atoms with Gasteiger partial charge >= 0.3 is 0 Å². The molecule has 8 heteroatoms. The highest BCUT2D eigenvalue weighted by atomic mass is 16.5. The van der Waals surface area contributed by atoms with Crippen LogP contribution in [-0.2, 0) is 12.8 Å². The molecule has 8 nitrogen and oxygen atoms in total. The first-order valence-electron chi connectivity index (χ1n) is 10.2. The van der Waals surface area contributed by atoms with E-state index in [1.807, 2.05) is 24.3 Å². The average molecular weight is 388 g/mol. The quantitative estimate of drug-likeness (QED) is 0.578. The second kappa shape index (κ2) is 6.37. The Morgan fingerprint density at radius 2 is 2.07 bits per heavy atom. The number of aromatic nitrogens is 6. The lowest BCUT2D eigenvalue weighted by Gasteiger charge is -2.28. The van der Waals surface area contributed by atoms with Gasteiger partial charge < -0.3 is 9.51 Å². The molecule has 0 amide bonds. The van der Waals surface area contributed by atoms with Crippen LogP contribution in [0.5, 0.6) is 0 Å². The molecule has 29 heavy (non-hydrogen) atoms. The number of aromatic amines is 1. The Hall–Kier alpha value is -3.29. The molecule has 3 aromatic heterocycles. The van der Waals surface area contributed by atoms with Gasteiger partial charge in [0.05, 0.1) is 17.4 Å². The van der Waals surface area contributed by atoms with Crippen molar-refractivity contribution in [3.05, 3.63) is 58.0 Å². The topological polar surface area (TPSA) is 102 Å². The molecule has 4 aromatic rings. The summed E-state index contributed by atoms with van der Waals surface area (Å²) in [6, 6.07) is 9.67. The van der Waals surface area contributed by atoms with Gasteiger partial charge in [0.15, 0.2) is 0 Å². The van der Waals surface area contributed by atoms with Crippen molar-refractivity contribution in [1.29, 1.82) is 0 Å². The molecule has 2 aliphatic rings. The van der Waals surface area contributed by atoms with Crippen LogP contribution in [0.4, 0.5) is 0 Å². The zero-order valence-electron chi connectivity index (χ0n) is 15.8. The molecule has 3 heterocycles. The second-order valence-electron chi connectivity index (χ2n) is 8.00. The van der Waals surface area contributed by atoms with E-state index >= 15 is 0 Å². The highest BCUT2D eigenvalue weighted by Gasteiger charge is 2.32. The maximum Gasteiger partial charge on any atom is 0.249 e. The highest BCUT2D eigenvalue weighted by Crippen LogP contribution is 2.37. The molecule has 0 bridgehead atoms. The number of hydrogen-bond acceptors (Lipinski definition) is 6. The van der Waals surface area contributed by atoms with Crippen LogP contribution in [-0.4, -0.2) is 30.1 Å². The Balaban J connectivity index is 1.34.